The van der Waals surface area contributed by atoms with Gasteiger partial charge in [-0.25, -0.2) is 4.98 Å². The Bertz CT molecular complexity index is 470. The average molecular weight is 242 g/mol. The summed E-state index contributed by atoms with van der Waals surface area (Å²) in [6.07, 6.45) is 5.60. The number of nitrogens with zero attached hydrogens (tertiary/aromatic N) is 2. The molecule has 0 atom stereocenters. The third kappa shape index (κ3) is 3.73. The number of benzene rings is 1. The zero-order valence-electron chi connectivity index (χ0n) is 10.6. The predicted molar refractivity (Wildman–Crippen MR) is 74.8 cm³/mol. The van der Waals surface area contributed by atoms with Crippen LogP contribution in [0, 0.1) is 0 Å². The van der Waals surface area contributed by atoms with E-state index in [9.17, 15) is 0 Å². The second-order valence-corrected chi connectivity index (χ2v) is 4.06. The molecule has 0 radical (unpaired) electrons. The lowest BCUT2D eigenvalue weighted by atomic mass is 10.1. The van der Waals surface area contributed by atoms with Crippen molar-refractivity contribution in [2.45, 2.75) is 12.8 Å². The first kappa shape index (κ1) is 12.4. The third-order valence-electron chi connectivity index (χ3n) is 2.68. The summed E-state index contributed by atoms with van der Waals surface area (Å²) in [6.45, 7) is 0.900. The normalized spacial score (nSPS) is 10.1. The Morgan fingerprint density at radius 1 is 1.06 bits per heavy atom. The molecule has 1 aromatic heterocycles. The van der Waals surface area contributed by atoms with Crippen molar-refractivity contribution in [3.8, 4) is 0 Å². The molecule has 2 rings (SSSR count). The van der Waals surface area contributed by atoms with Crippen LogP contribution in [0.5, 0.6) is 0 Å². The van der Waals surface area contributed by atoms with Crippen molar-refractivity contribution >= 4 is 11.6 Å². The van der Waals surface area contributed by atoms with Crippen LogP contribution in [-0.4, -0.2) is 23.6 Å². The Hall–Kier alpha value is -2.10. The fourth-order valence-electron chi connectivity index (χ4n) is 1.73. The molecule has 2 aromatic rings. The fourth-order valence-corrected chi connectivity index (χ4v) is 1.73. The lowest BCUT2D eigenvalue weighted by Gasteiger charge is -2.06. The van der Waals surface area contributed by atoms with Gasteiger partial charge in [0.05, 0.1) is 12.4 Å². The molecule has 0 saturated carbocycles. The Labute approximate surface area is 107 Å². The van der Waals surface area contributed by atoms with Gasteiger partial charge in [0.15, 0.2) is 0 Å². The van der Waals surface area contributed by atoms with Gasteiger partial charge in [0.25, 0.3) is 0 Å². The Kier molecular flexibility index (Phi) is 4.53. The second-order valence-electron chi connectivity index (χ2n) is 4.06. The van der Waals surface area contributed by atoms with Gasteiger partial charge in [0, 0.05) is 13.6 Å². The van der Waals surface area contributed by atoms with Crippen LogP contribution >= 0.6 is 0 Å². The maximum absolute atomic E-state index is 4.35. The molecule has 0 fully saturated rings. The molecule has 0 aliphatic carbocycles. The SMILES string of the molecule is CNc1cncc(NCCCc2ccccc2)n1. The monoisotopic (exact) mass is 242 g/mol. The zero-order valence-corrected chi connectivity index (χ0v) is 10.6. The van der Waals surface area contributed by atoms with E-state index < -0.39 is 0 Å². The van der Waals surface area contributed by atoms with Crippen molar-refractivity contribution in [3.05, 3.63) is 48.3 Å². The van der Waals surface area contributed by atoms with E-state index in [1.165, 1.54) is 5.56 Å². The molecule has 4 heteroatoms. The zero-order chi connectivity index (χ0) is 12.6. The summed E-state index contributed by atoms with van der Waals surface area (Å²) in [5.74, 6) is 1.60. The van der Waals surface area contributed by atoms with E-state index in [-0.39, 0.29) is 0 Å². The van der Waals surface area contributed by atoms with Gasteiger partial charge >= 0.3 is 0 Å². The average Bonchev–Trinajstić information content (AvgIpc) is 2.45. The summed E-state index contributed by atoms with van der Waals surface area (Å²) < 4.78 is 0. The van der Waals surface area contributed by atoms with Crippen LogP contribution in [0.3, 0.4) is 0 Å². The topological polar surface area (TPSA) is 49.8 Å². The van der Waals surface area contributed by atoms with Gasteiger partial charge in [-0.15, -0.1) is 0 Å². The standard InChI is InChI=1S/C14H18N4/c1-15-13-10-16-11-14(18-13)17-9-5-8-12-6-3-2-4-7-12/h2-4,6-7,10-11H,5,8-9H2,1H3,(H2,15,17,18). The maximum Gasteiger partial charge on any atom is 0.146 e. The summed E-state index contributed by atoms with van der Waals surface area (Å²) in [4.78, 5) is 8.46. The Morgan fingerprint density at radius 3 is 2.61 bits per heavy atom. The van der Waals surface area contributed by atoms with E-state index in [1.807, 2.05) is 13.1 Å². The number of nitrogens with one attached hydrogen (secondary N) is 2. The van der Waals surface area contributed by atoms with Crippen molar-refractivity contribution < 1.29 is 0 Å². The summed E-state index contributed by atoms with van der Waals surface area (Å²) in [5.41, 5.74) is 1.37. The van der Waals surface area contributed by atoms with Gasteiger partial charge in [-0.1, -0.05) is 30.3 Å². The van der Waals surface area contributed by atoms with Crippen LogP contribution in [0.2, 0.25) is 0 Å². The predicted octanol–water partition coefficient (Wildman–Crippen LogP) is 2.56. The number of aromatic nitrogens is 2. The van der Waals surface area contributed by atoms with E-state index in [0.717, 1.165) is 31.0 Å². The lowest BCUT2D eigenvalue weighted by Crippen LogP contribution is -2.06. The highest BCUT2D eigenvalue weighted by molar-refractivity contribution is 5.40. The van der Waals surface area contributed by atoms with E-state index in [1.54, 1.807) is 12.4 Å². The van der Waals surface area contributed by atoms with E-state index >= 15 is 0 Å². The third-order valence-corrected chi connectivity index (χ3v) is 2.68. The van der Waals surface area contributed by atoms with Crippen molar-refractivity contribution in [1.29, 1.82) is 0 Å². The summed E-state index contributed by atoms with van der Waals surface area (Å²) in [6, 6.07) is 10.5. The van der Waals surface area contributed by atoms with E-state index in [2.05, 4.69) is 44.9 Å². The van der Waals surface area contributed by atoms with Crippen LogP contribution in [0.4, 0.5) is 11.6 Å². The number of anilines is 2. The minimum absolute atomic E-state index is 0.781. The molecule has 94 valence electrons. The lowest BCUT2D eigenvalue weighted by molar-refractivity contribution is 0.858. The quantitative estimate of drug-likeness (QED) is 0.764. The molecule has 0 aliphatic rings. The first-order valence-electron chi connectivity index (χ1n) is 6.16. The van der Waals surface area contributed by atoms with Crippen molar-refractivity contribution in [1.82, 2.24) is 9.97 Å². The molecule has 2 N–H and O–H groups in total. The fraction of sp³-hybridized carbons (Fsp3) is 0.286. The Morgan fingerprint density at radius 2 is 1.83 bits per heavy atom. The van der Waals surface area contributed by atoms with Gasteiger partial charge in [-0.2, -0.15) is 0 Å². The highest BCUT2D eigenvalue weighted by Gasteiger charge is 1.96. The molecule has 1 aromatic carbocycles. The van der Waals surface area contributed by atoms with Crippen LogP contribution < -0.4 is 10.6 Å². The highest BCUT2D eigenvalue weighted by Crippen LogP contribution is 2.06. The van der Waals surface area contributed by atoms with E-state index in [4.69, 9.17) is 0 Å². The van der Waals surface area contributed by atoms with Gasteiger partial charge < -0.3 is 10.6 Å². The molecule has 0 saturated heterocycles. The summed E-state index contributed by atoms with van der Waals surface area (Å²) in [7, 11) is 1.84. The minimum atomic E-state index is 0.781. The number of hydrogen-bond donors (Lipinski definition) is 2. The molecule has 0 aliphatic heterocycles. The largest absolute Gasteiger partial charge is 0.372 e. The number of hydrogen-bond acceptors (Lipinski definition) is 4. The van der Waals surface area contributed by atoms with Crippen LogP contribution in [0.1, 0.15) is 12.0 Å². The van der Waals surface area contributed by atoms with Crippen molar-refractivity contribution in [3.63, 3.8) is 0 Å². The van der Waals surface area contributed by atoms with E-state index in [0.29, 0.717) is 0 Å². The second kappa shape index (κ2) is 6.59. The molecule has 0 unspecified atom stereocenters. The molecular weight excluding hydrogens is 224 g/mol. The smallest absolute Gasteiger partial charge is 0.146 e. The molecule has 4 nitrogen and oxygen atoms in total. The van der Waals surface area contributed by atoms with Gasteiger partial charge in [-0.3, -0.25) is 4.98 Å². The first-order valence-corrected chi connectivity index (χ1v) is 6.16. The van der Waals surface area contributed by atoms with Crippen molar-refractivity contribution in [2.24, 2.45) is 0 Å². The molecule has 0 spiro atoms. The van der Waals surface area contributed by atoms with Crippen molar-refractivity contribution in [2.75, 3.05) is 24.2 Å². The van der Waals surface area contributed by atoms with Crippen LogP contribution in [0.25, 0.3) is 0 Å². The summed E-state index contributed by atoms with van der Waals surface area (Å²) in [5, 5.41) is 6.25. The first-order chi connectivity index (χ1) is 8.88. The molecule has 1 heterocycles. The molecule has 0 amide bonds. The maximum atomic E-state index is 4.35. The van der Waals surface area contributed by atoms with Gasteiger partial charge in [0.1, 0.15) is 11.6 Å². The number of rotatable bonds is 6. The minimum Gasteiger partial charge on any atom is -0.372 e. The Balaban J connectivity index is 1.75. The number of aryl methyl sites for hydroxylation is 1. The molecule has 0 bridgehead atoms. The highest BCUT2D eigenvalue weighted by atomic mass is 15.1. The van der Waals surface area contributed by atoms with Gasteiger partial charge in [-0.05, 0) is 18.4 Å². The van der Waals surface area contributed by atoms with Crippen LogP contribution in [0.15, 0.2) is 42.7 Å². The van der Waals surface area contributed by atoms with Crippen LogP contribution in [-0.2, 0) is 6.42 Å². The molecular formula is C14H18N4. The molecule has 18 heavy (non-hydrogen) atoms. The van der Waals surface area contributed by atoms with Gasteiger partial charge in [0.2, 0.25) is 0 Å². The summed E-state index contributed by atoms with van der Waals surface area (Å²) >= 11 is 0.